The second-order valence-electron chi connectivity index (χ2n) is 6.86. The maximum atomic E-state index is 4.66. The molecule has 2 aromatic carbocycles. The highest BCUT2D eigenvalue weighted by Crippen LogP contribution is 2.14. The summed E-state index contributed by atoms with van der Waals surface area (Å²) in [5, 5.41) is 10.9. The van der Waals surface area contributed by atoms with Crippen LogP contribution in [0.5, 0.6) is 0 Å². The zero-order chi connectivity index (χ0) is 19.9. The molecule has 0 fully saturated rings. The van der Waals surface area contributed by atoms with Gasteiger partial charge in [-0.2, -0.15) is 11.3 Å². The molecule has 2 heterocycles. The first-order valence-electron chi connectivity index (χ1n) is 9.83. The van der Waals surface area contributed by atoms with Crippen LogP contribution in [0.25, 0.3) is 11.0 Å². The summed E-state index contributed by atoms with van der Waals surface area (Å²) in [6.45, 7) is 5.17. The maximum absolute atomic E-state index is 4.66. The lowest BCUT2D eigenvalue weighted by Gasteiger charge is -2.12. The molecule has 2 aromatic heterocycles. The molecule has 0 spiro atoms. The molecule has 0 amide bonds. The van der Waals surface area contributed by atoms with Gasteiger partial charge in [-0.15, -0.1) is 0 Å². The van der Waals surface area contributed by atoms with E-state index < -0.39 is 0 Å². The topological polar surface area (TPSA) is 54.2 Å². The number of para-hydroxylation sites is 2. The number of thiophene rings is 1. The standard InChI is InChI=1S/C23H25N5S/c1-2-24-23(26-14-20-11-12-29-16-20)25-13-18-7-9-19(10-8-18)15-28-17-27-21-5-3-4-6-22(21)28/h3-12,16-17H,2,13-15H2,1H3,(H2,24,25,26). The van der Waals surface area contributed by atoms with Crippen molar-refractivity contribution in [3.63, 3.8) is 0 Å². The largest absolute Gasteiger partial charge is 0.357 e. The fourth-order valence-corrected chi connectivity index (χ4v) is 3.84. The molecule has 6 heteroatoms. The van der Waals surface area contributed by atoms with Crippen molar-refractivity contribution in [1.29, 1.82) is 0 Å². The fraction of sp³-hybridized carbons (Fsp3) is 0.217. The average molecular weight is 404 g/mol. The van der Waals surface area contributed by atoms with Crippen molar-refractivity contribution in [3.8, 4) is 0 Å². The second-order valence-corrected chi connectivity index (χ2v) is 7.64. The van der Waals surface area contributed by atoms with Gasteiger partial charge in [0.25, 0.3) is 0 Å². The van der Waals surface area contributed by atoms with E-state index in [1.165, 1.54) is 16.7 Å². The van der Waals surface area contributed by atoms with Crippen LogP contribution in [0.15, 0.2) is 76.7 Å². The number of fused-ring (bicyclic) bond motifs is 1. The van der Waals surface area contributed by atoms with Gasteiger partial charge in [-0.05, 0) is 52.6 Å². The highest BCUT2D eigenvalue weighted by atomic mass is 32.1. The Morgan fingerprint density at radius 2 is 1.83 bits per heavy atom. The number of hydrogen-bond acceptors (Lipinski definition) is 3. The van der Waals surface area contributed by atoms with Gasteiger partial charge in [-0.1, -0.05) is 36.4 Å². The molecule has 0 aliphatic rings. The third-order valence-electron chi connectivity index (χ3n) is 4.71. The Morgan fingerprint density at radius 1 is 1.00 bits per heavy atom. The van der Waals surface area contributed by atoms with E-state index in [-0.39, 0.29) is 0 Å². The first-order chi connectivity index (χ1) is 14.3. The Labute approximate surface area is 175 Å². The number of hydrogen-bond donors (Lipinski definition) is 2. The summed E-state index contributed by atoms with van der Waals surface area (Å²) in [6, 6.07) is 19.0. The summed E-state index contributed by atoms with van der Waals surface area (Å²) < 4.78 is 2.18. The summed E-state index contributed by atoms with van der Waals surface area (Å²) in [5.74, 6) is 0.840. The predicted octanol–water partition coefficient (Wildman–Crippen LogP) is 4.40. The van der Waals surface area contributed by atoms with Crippen molar-refractivity contribution in [1.82, 2.24) is 20.2 Å². The number of imidazole rings is 1. The molecular formula is C23H25N5S. The summed E-state index contributed by atoms with van der Waals surface area (Å²) >= 11 is 1.70. The van der Waals surface area contributed by atoms with E-state index in [1.54, 1.807) is 11.3 Å². The second kappa shape index (κ2) is 9.39. The van der Waals surface area contributed by atoms with Crippen molar-refractivity contribution >= 4 is 28.3 Å². The van der Waals surface area contributed by atoms with Gasteiger partial charge in [-0.3, -0.25) is 0 Å². The summed E-state index contributed by atoms with van der Waals surface area (Å²) in [4.78, 5) is 9.13. The fourth-order valence-electron chi connectivity index (χ4n) is 3.18. The van der Waals surface area contributed by atoms with Crippen LogP contribution in [0.3, 0.4) is 0 Å². The molecule has 0 saturated carbocycles. The lowest BCUT2D eigenvalue weighted by Crippen LogP contribution is -2.36. The van der Waals surface area contributed by atoms with Gasteiger partial charge in [0.05, 0.1) is 23.9 Å². The zero-order valence-electron chi connectivity index (χ0n) is 16.5. The Kier molecular flexibility index (Phi) is 6.22. The van der Waals surface area contributed by atoms with Gasteiger partial charge >= 0.3 is 0 Å². The van der Waals surface area contributed by atoms with Gasteiger partial charge in [-0.25, -0.2) is 9.98 Å². The van der Waals surface area contributed by atoms with Crippen molar-refractivity contribution in [3.05, 3.63) is 88.4 Å². The normalized spacial score (nSPS) is 11.7. The first-order valence-corrected chi connectivity index (χ1v) is 10.8. The van der Waals surface area contributed by atoms with Gasteiger partial charge in [0.15, 0.2) is 5.96 Å². The number of guanidine groups is 1. The highest BCUT2D eigenvalue weighted by molar-refractivity contribution is 7.07. The van der Waals surface area contributed by atoms with Crippen molar-refractivity contribution in [2.45, 2.75) is 26.6 Å². The SMILES string of the molecule is CCNC(=NCc1ccsc1)NCc1ccc(Cn2cnc3ccccc32)cc1. The van der Waals surface area contributed by atoms with Gasteiger partial charge < -0.3 is 15.2 Å². The molecule has 148 valence electrons. The Hall–Kier alpha value is -3.12. The number of benzene rings is 2. The predicted molar refractivity (Wildman–Crippen MR) is 121 cm³/mol. The van der Waals surface area contributed by atoms with E-state index in [9.17, 15) is 0 Å². The molecule has 2 N–H and O–H groups in total. The number of rotatable bonds is 7. The smallest absolute Gasteiger partial charge is 0.191 e. The van der Waals surface area contributed by atoms with E-state index >= 15 is 0 Å². The van der Waals surface area contributed by atoms with Crippen LogP contribution in [0.1, 0.15) is 23.6 Å². The Morgan fingerprint density at radius 3 is 2.62 bits per heavy atom. The monoisotopic (exact) mass is 403 g/mol. The minimum Gasteiger partial charge on any atom is -0.357 e. The maximum Gasteiger partial charge on any atom is 0.191 e. The molecule has 0 radical (unpaired) electrons. The lowest BCUT2D eigenvalue weighted by atomic mass is 10.1. The van der Waals surface area contributed by atoms with Crippen molar-refractivity contribution < 1.29 is 0 Å². The van der Waals surface area contributed by atoms with Crippen molar-refractivity contribution in [2.75, 3.05) is 6.54 Å². The minimum atomic E-state index is 0.691. The molecule has 0 unspecified atom stereocenters. The number of aliphatic imine (C=N–C) groups is 1. The minimum absolute atomic E-state index is 0.691. The molecule has 5 nitrogen and oxygen atoms in total. The summed E-state index contributed by atoms with van der Waals surface area (Å²) in [7, 11) is 0. The molecule has 29 heavy (non-hydrogen) atoms. The van der Waals surface area contributed by atoms with E-state index in [0.717, 1.165) is 36.6 Å². The molecule has 4 rings (SSSR count). The number of aromatic nitrogens is 2. The molecular weight excluding hydrogens is 378 g/mol. The third-order valence-corrected chi connectivity index (χ3v) is 5.44. The average Bonchev–Trinajstić information content (AvgIpc) is 3.42. The molecule has 0 atom stereocenters. The van der Waals surface area contributed by atoms with Crippen LogP contribution in [-0.4, -0.2) is 22.1 Å². The van der Waals surface area contributed by atoms with Crippen LogP contribution in [0, 0.1) is 0 Å². The molecule has 0 bridgehead atoms. The zero-order valence-corrected chi connectivity index (χ0v) is 17.3. The van der Waals surface area contributed by atoms with Gasteiger partial charge in [0.1, 0.15) is 0 Å². The summed E-state index contributed by atoms with van der Waals surface area (Å²) in [6.07, 6.45) is 1.91. The van der Waals surface area contributed by atoms with E-state index in [1.807, 2.05) is 18.5 Å². The van der Waals surface area contributed by atoms with E-state index in [2.05, 4.69) is 85.3 Å². The number of nitrogens with one attached hydrogen (secondary N) is 2. The van der Waals surface area contributed by atoms with Crippen LogP contribution >= 0.6 is 11.3 Å². The van der Waals surface area contributed by atoms with Crippen LogP contribution in [0.4, 0.5) is 0 Å². The number of nitrogens with zero attached hydrogens (tertiary/aromatic N) is 3. The van der Waals surface area contributed by atoms with Gasteiger partial charge in [0, 0.05) is 19.6 Å². The summed E-state index contributed by atoms with van der Waals surface area (Å²) in [5.41, 5.74) is 5.92. The first kappa shape index (κ1) is 19.2. The van der Waals surface area contributed by atoms with E-state index in [0.29, 0.717) is 6.54 Å². The van der Waals surface area contributed by atoms with Crippen LogP contribution in [-0.2, 0) is 19.6 Å². The van der Waals surface area contributed by atoms with Gasteiger partial charge in [0.2, 0.25) is 0 Å². The van der Waals surface area contributed by atoms with E-state index in [4.69, 9.17) is 0 Å². The quantitative estimate of drug-likeness (QED) is 0.355. The molecule has 0 aliphatic heterocycles. The molecule has 4 aromatic rings. The lowest BCUT2D eigenvalue weighted by molar-refractivity contribution is 0.809. The molecule has 0 aliphatic carbocycles. The van der Waals surface area contributed by atoms with Crippen LogP contribution in [0.2, 0.25) is 0 Å². The molecule has 0 saturated heterocycles. The highest BCUT2D eigenvalue weighted by Gasteiger charge is 2.03. The Bertz CT molecular complexity index is 1060. The Balaban J connectivity index is 1.36. The third kappa shape index (κ3) is 5.03. The van der Waals surface area contributed by atoms with Crippen LogP contribution < -0.4 is 10.6 Å². The van der Waals surface area contributed by atoms with Crippen molar-refractivity contribution in [2.24, 2.45) is 4.99 Å².